The third-order valence-electron chi connectivity index (χ3n) is 3.20. The molecule has 0 aliphatic carbocycles. The van der Waals surface area contributed by atoms with Gasteiger partial charge in [0.25, 0.3) is 0 Å². The molecule has 1 aliphatic heterocycles. The summed E-state index contributed by atoms with van der Waals surface area (Å²) in [5.74, 6) is 0.818. The molecule has 0 spiro atoms. The Morgan fingerprint density at radius 2 is 2.19 bits per heavy atom. The van der Waals surface area contributed by atoms with Crippen LogP contribution in [0.25, 0.3) is 5.70 Å². The van der Waals surface area contributed by atoms with Gasteiger partial charge in [0.2, 0.25) is 5.91 Å². The van der Waals surface area contributed by atoms with Crippen LogP contribution in [-0.2, 0) is 42.2 Å². The average Bonchev–Trinajstić information content (AvgIpc) is 2.44. The fourth-order valence-electron chi connectivity index (χ4n) is 2.08. The van der Waals surface area contributed by atoms with Gasteiger partial charge in [0.15, 0.2) is 6.79 Å². The van der Waals surface area contributed by atoms with Crippen LogP contribution in [-0.4, -0.2) is 31.8 Å². The first-order valence-electron chi connectivity index (χ1n) is 6.34. The summed E-state index contributed by atoms with van der Waals surface area (Å²) >= 11 is 3.52. The first kappa shape index (κ1) is 18.8. The maximum absolute atomic E-state index is 12.0. The molecule has 1 radical (unpaired) electrons. The molecule has 1 unspecified atom stereocenters. The normalized spacial score (nSPS) is 18.1. The van der Waals surface area contributed by atoms with Crippen molar-refractivity contribution in [1.29, 1.82) is 0 Å². The molecule has 6 heteroatoms. The minimum atomic E-state index is -0.00756. The fraction of sp³-hybridized carbons (Fsp3) is 0.400. The maximum atomic E-state index is 12.0. The van der Waals surface area contributed by atoms with Gasteiger partial charge in [-0.2, -0.15) is 0 Å². The van der Waals surface area contributed by atoms with Gasteiger partial charge >= 0.3 is 0 Å². The number of halogens is 1. The van der Waals surface area contributed by atoms with E-state index in [1.54, 1.807) is 19.1 Å². The summed E-state index contributed by atoms with van der Waals surface area (Å²) in [5.41, 5.74) is 1.73. The van der Waals surface area contributed by atoms with Gasteiger partial charge in [0.05, 0.1) is 0 Å². The van der Waals surface area contributed by atoms with Crippen LogP contribution in [0.5, 0.6) is 5.75 Å². The molecule has 1 atom stereocenters. The Hall–Kier alpha value is -0.226. The van der Waals surface area contributed by atoms with E-state index in [9.17, 15) is 4.79 Å². The number of hydrogen-bond donors (Lipinski definition) is 0. The van der Waals surface area contributed by atoms with E-state index in [-0.39, 0.29) is 51.3 Å². The molecule has 0 aromatic heterocycles. The van der Waals surface area contributed by atoms with Crippen molar-refractivity contribution in [3.8, 4) is 5.75 Å². The van der Waals surface area contributed by atoms with Gasteiger partial charge in [-0.1, -0.05) is 33.7 Å². The van der Waals surface area contributed by atoms with Crippen LogP contribution in [0, 0.1) is 12.0 Å². The Morgan fingerprint density at radius 3 is 2.81 bits per heavy atom. The molecule has 0 saturated heterocycles. The molecule has 1 aromatic carbocycles. The Balaban J connectivity index is 0.00000220. The second kappa shape index (κ2) is 8.42. The van der Waals surface area contributed by atoms with Crippen molar-refractivity contribution in [3.05, 3.63) is 34.3 Å². The number of rotatable bonds is 4. The van der Waals surface area contributed by atoms with Crippen molar-refractivity contribution in [2.45, 2.75) is 13.3 Å². The summed E-state index contributed by atoms with van der Waals surface area (Å²) in [6.45, 7) is 2.12. The largest absolute Gasteiger partial charge is 0.468 e. The molecule has 1 aromatic rings. The second-order valence-electron chi connectivity index (χ2n) is 4.72. The number of ether oxygens (including phenoxy) is 2. The second-order valence-corrected chi connectivity index (χ2v) is 5.57. The molecule has 2 rings (SSSR count). The zero-order chi connectivity index (χ0) is 14.7. The molecule has 111 valence electrons. The molecule has 0 bridgehead atoms. The minimum Gasteiger partial charge on any atom is -0.468 e. The van der Waals surface area contributed by atoms with E-state index < -0.39 is 0 Å². The SMILES string of the molecule is COCOc1ccc(C2=[C-]CC(C)C(=O)N2C)c(Br)c1.[Y]. The van der Waals surface area contributed by atoms with Gasteiger partial charge in [0, 0.05) is 52.8 Å². The van der Waals surface area contributed by atoms with E-state index in [2.05, 4.69) is 22.0 Å². The van der Waals surface area contributed by atoms with Gasteiger partial charge in [-0.25, -0.2) is 6.08 Å². The van der Waals surface area contributed by atoms with Gasteiger partial charge in [0.1, 0.15) is 5.75 Å². The van der Waals surface area contributed by atoms with Crippen LogP contribution in [0.3, 0.4) is 0 Å². The monoisotopic (exact) mass is 427 g/mol. The van der Waals surface area contributed by atoms with Crippen LogP contribution >= 0.6 is 15.9 Å². The third-order valence-corrected chi connectivity index (χ3v) is 3.86. The Morgan fingerprint density at radius 1 is 1.48 bits per heavy atom. The number of hydrogen-bond acceptors (Lipinski definition) is 3. The number of allylic oxidation sites excluding steroid dienone is 1. The molecular formula is C15H17BrNO3Y-. The molecule has 1 aliphatic rings. The summed E-state index contributed by atoms with van der Waals surface area (Å²) in [7, 11) is 3.36. The van der Waals surface area contributed by atoms with Crippen molar-refractivity contribution in [3.63, 3.8) is 0 Å². The molecule has 1 heterocycles. The quantitative estimate of drug-likeness (QED) is 0.547. The van der Waals surface area contributed by atoms with E-state index in [4.69, 9.17) is 9.47 Å². The van der Waals surface area contributed by atoms with Crippen LogP contribution < -0.4 is 4.74 Å². The first-order valence-corrected chi connectivity index (χ1v) is 7.14. The summed E-state index contributed by atoms with van der Waals surface area (Å²) < 4.78 is 11.1. The van der Waals surface area contributed by atoms with Crippen molar-refractivity contribution in [2.24, 2.45) is 5.92 Å². The number of carbonyl (C=O) groups excluding carboxylic acids is 1. The van der Waals surface area contributed by atoms with Crippen molar-refractivity contribution < 1.29 is 47.0 Å². The number of carbonyl (C=O) groups is 1. The molecule has 0 N–H and O–H groups in total. The summed E-state index contributed by atoms with van der Waals surface area (Å²) in [6, 6.07) is 5.63. The smallest absolute Gasteiger partial charge is 0.225 e. The van der Waals surface area contributed by atoms with Crippen LogP contribution in [0.15, 0.2) is 22.7 Å². The summed E-state index contributed by atoms with van der Waals surface area (Å²) in [4.78, 5) is 13.7. The molecule has 21 heavy (non-hydrogen) atoms. The average molecular weight is 428 g/mol. The molecule has 1 amide bonds. The van der Waals surface area contributed by atoms with Gasteiger partial charge in [-0.15, -0.1) is 17.3 Å². The Labute approximate surface area is 158 Å². The third kappa shape index (κ3) is 4.38. The van der Waals surface area contributed by atoms with Gasteiger partial charge < -0.3 is 14.4 Å². The minimum absolute atomic E-state index is 0. The molecule has 0 saturated carbocycles. The standard InChI is InChI=1S/C15H17BrNO3.Y/c1-10-4-7-14(17(2)15(10)18)12-6-5-11(8-13(12)16)20-9-19-3;/h5-6,8,10H,4,9H2,1-3H3;/q-1;. The van der Waals surface area contributed by atoms with Crippen molar-refractivity contribution in [2.75, 3.05) is 21.0 Å². The van der Waals surface area contributed by atoms with E-state index in [0.717, 1.165) is 15.7 Å². The molecule has 4 nitrogen and oxygen atoms in total. The zero-order valence-electron chi connectivity index (χ0n) is 12.4. The fourth-order valence-corrected chi connectivity index (χ4v) is 2.62. The number of benzene rings is 1. The zero-order valence-corrected chi connectivity index (χ0v) is 16.8. The Bertz CT molecular complexity index is 548. The van der Waals surface area contributed by atoms with Crippen LogP contribution in [0.2, 0.25) is 0 Å². The number of methoxy groups -OCH3 is 1. The summed E-state index contributed by atoms with van der Waals surface area (Å²) in [5, 5.41) is 0. The Kier molecular flexibility index (Phi) is 7.54. The summed E-state index contributed by atoms with van der Waals surface area (Å²) in [6.07, 6.45) is 3.94. The molecule has 0 fully saturated rings. The number of nitrogens with zero attached hydrogens (tertiary/aromatic N) is 1. The van der Waals surface area contributed by atoms with Crippen molar-refractivity contribution >= 4 is 27.5 Å². The van der Waals surface area contributed by atoms with E-state index in [0.29, 0.717) is 12.2 Å². The van der Waals surface area contributed by atoms with E-state index in [1.165, 1.54) is 0 Å². The van der Waals surface area contributed by atoms with Crippen molar-refractivity contribution in [1.82, 2.24) is 4.90 Å². The van der Waals surface area contributed by atoms with E-state index in [1.807, 2.05) is 25.1 Å². The predicted octanol–water partition coefficient (Wildman–Crippen LogP) is 3.07. The maximum Gasteiger partial charge on any atom is 0.225 e. The molecular weight excluding hydrogens is 411 g/mol. The first-order chi connectivity index (χ1) is 9.54. The number of amides is 1. The van der Waals surface area contributed by atoms with Crippen LogP contribution in [0.1, 0.15) is 18.9 Å². The van der Waals surface area contributed by atoms with Gasteiger partial charge in [-0.05, 0) is 12.1 Å². The van der Waals surface area contributed by atoms with Crippen LogP contribution in [0.4, 0.5) is 0 Å². The topological polar surface area (TPSA) is 38.8 Å². The van der Waals surface area contributed by atoms with Gasteiger partial charge in [-0.3, -0.25) is 4.79 Å². The van der Waals surface area contributed by atoms with E-state index >= 15 is 0 Å². The predicted molar refractivity (Wildman–Crippen MR) is 79.8 cm³/mol.